The minimum absolute atomic E-state index is 0.175. The van der Waals surface area contributed by atoms with E-state index in [1.807, 2.05) is 24.0 Å². The molecule has 1 aliphatic heterocycles. The number of hydrogen-bond donors (Lipinski definition) is 2. The molecule has 1 atom stereocenters. The number of likely N-dealkylation sites (tertiary alicyclic amines) is 1. The van der Waals surface area contributed by atoms with Gasteiger partial charge in [0.25, 0.3) is 0 Å². The van der Waals surface area contributed by atoms with Gasteiger partial charge in [-0.05, 0) is 53.4 Å². The van der Waals surface area contributed by atoms with E-state index in [0.717, 1.165) is 31.5 Å². The summed E-state index contributed by atoms with van der Waals surface area (Å²) in [6, 6.07) is 5.18. The van der Waals surface area contributed by atoms with Crippen LogP contribution < -0.4 is 5.32 Å². The first-order valence-electron chi connectivity index (χ1n) is 6.57. The number of rotatable bonds is 4. The molecule has 2 N–H and O–H groups in total. The van der Waals surface area contributed by atoms with Crippen LogP contribution in [0.3, 0.4) is 0 Å². The van der Waals surface area contributed by atoms with Crippen LogP contribution in [0.2, 0.25) is 0 Å². The second-order valence-corrected chi connectivity index (χ2v) is 5.78. The predicted molar refractivity (Wildman–Crippen MR) is 77.9 cm³/mol. The Morgan fingerprint density at radius 2 is 2.16 bits per heavy atom. The van der Waals surface area contributed by atoms with E-state index >= 15 is 0 Å². The minimum Gasteiger partial charge on any atom is -0.507 e. The van der Waals surface area contributed by atoms with Gasteiger partial charge in [-0.1, -0.05) is 6.07 Å². The number of nitrogens with zero attached hydrogens (tertiary/aromatic N) is 1. The molecule has 1 heterocycles. The Bertz CT molecular complexity index is 459. The number of aromatic hydroxyl groups is 1. The summed E-state index contributed by atoms with van der Waals surface area (Å²) in [4.78, 5) is 14.0. The van der Waals surface area contributed by atoms with Crippen LogP contribution in [0.15, 0.2) is 22.7 Å². The van der Waals surface area contributed by atoms with Crippen molar-refractivity contribution in [3.8, 4) is 5.75 Å². The molecule has 0 aliphatic carbocycles. The van der Waals surface area contributed by atoms with Gasteiger partial charge in [-0.15, -0.1) is 0 Å². The van der Waals surface area contributed by atoms with Gasteiger partial charge in [0.1, 0.15) is 5.75 Å². The van der Waals surface area contributed by atoms with Gasteiger partial charge in [0, 0.05) is 19.6 Å². The van der Waals surface area contributed by atoms with Crippen LogP contribution in [-0.2, 0) is 11.3 Å². The maximum atomic E-state index is 12.1. The molecule has 2 rings (SSSR count). The predicted octanol–water partition coefficient (Wildman–Crippen LogP) is 2.26. The second-order valence-electron chi connectivity index (χ2n) is 4.92. The lowest BCUT2D eigenvalue weighted by Gasteiger charge is -2.21. The van der Waals surface area contributed by atoms with Crippen molar-refractivity contribution in [1.29, 1.82) is 0 Å². The first kappa shape index (κ1) is 14.3. The molecule has 0 saturated carbocycles. The summed E-state index contributed by atoms with van der Waals surface area (Å²) in [6.07, 6.45) is 2.23. The van der Waals surface area contributed by atoms with Crippen molar-refractivity contribution in [3.05, 3.63) is 28.2 Å². The van der Waals surface area contributed by atoms with Crippen molar-refractivity contribution in [3.63, 3.8) is 0 Å². The number of hydrogen-bond acceptors (Lipinski definition) is 3. The van der Waals surface area contributed by atoms with Gasteiger partial charge in [-0.2, -0.15) is 0 Å². The van der Waals surface area contributed by atoms with Crippen molar-refractivity contribution in [2.45, 2.75) is 32.4 Å². The zero-order chi connectivity index (χ0) is 13.8. The summed E-state index contributed by atoms with van der Waals surface area (Å²) in [7, 11) is 0. The number of amides is 1. The molecule has 19 heavy (non-hydrogen) atoms. The smallest absolute Gasteiger partial charge is 0.239 e. The van der Waals surface area contributed by atoms with Gasteiger partial charge in [0.15, 0.2) is 0 Å². The van der Waals surface area contributed by atoms with Crippen molar-refractivity contribution >= 4 is 21.8 Å². The van der Waals surface area contributed by atoms with Crippen LogP contribution in [-0.4, -0.2) is 35.0 Å². The summed E-state index contributed by atoms with van der Waals surface area (Å²) >= 11 is 3.28. The van der Waals surface area contributed by atoms with E-state index in [4.69, 9.17) is 0 Å². The fourth-order valence-corrected chi connectivity index (χ4v) is 2.66. The fraction of sp³-hybridized carbons (Fsp3) is 0.500. The van der Waals surface area contributed by atoms with Crippen molar-refractivity contribution in [1.82, 2.24) is 10.2 Å². The standard InChI is InChI=1S/C14H19BrN2O2/c1-10(14(19)17-6-2-3-7-17)16-9-11-4-5-13(18)12(15)8-11/h4-5,8,10,16,18H,2-3,6-7,9H2,1H3. The lowest BCUT2D eigenvalue weighted by atomic mass is 10.2. The molecule has 0 aromatic heterocycles. The zero-order valence-electron chi connectivity index (χ0n) is 11.0. The SMILES string of the molecule is CC(NCc1ccc(O)c(Br)c1)C(=O)N1CCCC1. The number of halogens is 1. The summed E-state index contributed by atoms with van der Waals surface area (Å²) in [6.45, 7) is 4.28. The first-order chi connectivity index (χ1) is 9.08. The Kier molecular flexibility index (Phi) is 4.82. The zero-order valence-corrected chi connectivity index (χ0v) is 12.6. The third kappa shape index (κ3) is 3.70. The minimum atomic E-state index is -0.175. The monoisotopic (exact) mass is 326 g/mol. The average molecular weight is 327 g/mol. The van der Waals surface area contributed by atoms with Crippen LogP contribution in [0.4, 0.5) is 0 Å². The first-order valence-corrected chi connectivity index (χ1v) is 7.37. The summed E-state index contributed by atoms with van der Waals surface area (Å²) in [5, 5.41) is 12.7. The molecular weight excluding hydrogens is 308 g/mol. The molecule has 1 aromatic rings. The van der Waals surface area contributed by atoms with Gasteiger partial charge < -0.3 is 15.3 Å². The van der Waals surface area contributed by atoms with E-state index in [0.29, 0.717) is 11.0 Å². The van der Waals surface area contributed by atoms with E-state index in [1.165, 1.54) is 0 Å². The Labute approximate surface area is 121 Å². The number of carbonyl (C=O) groups is 1. The van der Waals surface area contributed by atoms with Crippen LogP contribution >= 0.6 is 15.9 Å². The Hall–Kier alpha value is -1.07. The second kappa shape index (κ2) is 6.39. The van der Waals surface area contributed by atoms with E-state index in [-0.39, 0.29) is 17.7 Å². The molecule has 1 saturated heterocycles. The third-order valence-electron chi connectivity index (χ3n) is 3.41. The molecule has 1 fully saturated rings. The normalized spacial score (nSPS) is 16.6. The van der Waals surface area contributed by atoms with Gasteiger partial charge in [-0.3, -0.25) is 4.79 Å². The van der Waals surface area contributed by atoms with Crippen LogP contribution in [0.25, 0.3) is 0 Å². The molecule has 4 nitrogen and oxygen atoms in total. The highest BCUT2D eigenvalue weighted by Crippen LogP contribution is 2.24. The quantitative estimate of drug-likeness (QED) is 0.892. The maximum Gasteiger partial charge on any atom is 0.239 e. The van der Waals surface area contributed by atoms with E-state index in [2.05, 4.69) is 21.2 Å². The molecular formula is C14H19BrN2O2. The molecule has 1 aromatic carbocycles. The highest BCUT2D eigenvalue weighted by Gasteiger charge is 2.22. The molecule has 1 aliphatic rings. The molecule has 0 bridgehead atoms. The highest BCUT2D eigenvalue weighted by molar-refractivity contribution is 9.10. The lowest BCUT2D eigenvalue weighted by molar-refractivity contribution is -0.131. The van der Waals surface area contributed by atoms with Gasteiger partial charge in [-0.25, -0.2) is 0 Å². The topological polar surface area (TPSA) is 52.6 Å². The highest BCUT2D eigenvalue weighted by atomic mass is 79.9. The van der Waals surface area contributed by atoms with E-state index < -0.39 is 0 Å². The number of nitrogens with one attached hydrogen (secondary N) is 1. The summed E-state index contributed by atoms with van der Waals surface area (Å²) in [5.74, 6) is 0.403. The van der Waals surface area contributed by atoms with Crippen molar-refractivity contribution in [2.75, 3.05) is 13.1 Å². The third-order valence-corrected chi connectivity index (χ3v) is 4.05. The van der Waals surface area contributed by atoms with Gasteiger partial charge >= 0.3 is 0 Å². The number of phenols is 1. The number of benzene rings is 1. The Morgan fingerprint density at radius 1 is 1.47 bits per heavy atom. The average Bonchev–Trinajstić information content (AvgIpc) is 2.93. The number of phenolic OH excluding ortho intramolecular Hbond substituents is 1. The molecule has 5 heteroatoms. The van der Waals surface area contributed by atoms with Crippen LogP contribution in [0, 0.1) is 0 Å². The van der Waals surface area contributed by atoms with Gasteiger partial charge in [0.05, 0.1) is 10.5 Å². The molecule has 1 unspecified atom stereocenters. The van der Waals surface area contributed by atoms with E-state index in [1.54, 1.807) is 6.07 Å². The Morgan fingerprint density at radius 3 is 2.79 bits per heavy atom. The van der Waals surface area contributed by atoms with Crippen LogP contribution in [0.5, 0.6) is 5.75 Å². The molecule has 0 radical (unpaired) electrons. The molecule has 104 valence electrons. The van der Waals surface area contributed by atoms with Crippen LogP contribution in [0.1, 0.15) is 25.3 Å². The lowest BCUT2D eigenvalue weighted by Crippen LogP contribution is -2.43. The molecule has 1 amide bonds. The molecule has 0 spiro atoms. The van der Waals surface area contributed by atoms with E-state index in [9.17, 15) is 9.90 Å². The summed E-state index contributed by atoms with van der Waals surface area (Å²) < 4.78 is 0.672. The maximum absolute atomic E-state index is 12.1. The Balaban J connectivity index is 1.87. The largest absolute Gasteiger partial charge is 0.507 e. The van der Waals surface area contributed by atoms with Crippen molar-refractivity contribution in [2.24, 2.45) is 0 Å². The van der Waals surface area contributed by atoms with Gasteiger partial charge in [0.2, 0.25) is 5.91 Å². The fourth-order valence-electron chi connectivity index (χ4n) is 2.23. The summed E-state index contributed by atoms with van der Waals surface area (Å²) in [5.41, 5.74) is 1.03. The van der Waals surface area contributed by atoms with Crippen molar-refractivity contribution < 1.29 is 9.90 Å². The number of carbonyl (C=O) groups excluding carboxylic acids is 1.